The molecule has 0 saturated carbocycles. The van der Waals surface area contributed by atoms with Crippen LogP contribution < -0.4 is 16.0 Å². The molecule has 0 spiro atoms. The van der Waals surface area contributed by atoms with Gasteiger partial charge in [-0.05, 0) is 18.2 Å². The lowest BCUT2D eigenvalue weighted by molar-refractivity contribution is -0.254. The number of aromatic nitrogens is 6. The van der Waals surface area contributed by atoms with Gasteiger partial charge in [0.2, 0.25) is 5.91 Å². The molecule has 2 saturated heterocycles. The van der Waals surface area contributed by atoms with Gasteiger partial charge < -0.3 is 66.3 Å². The van der Waals surface area contributed by atoms with E-state index in [9.17, 15) is 55.2 Å². The fourth-order valence-electron chi connectivity index (χ4n) is 5.40. The van der Waals surface area contributed by atoms with Crippen molar-refractivity contribution >= 4 is 23.4 Å². The second-order valence-corrected chi connectivity index (χ2v) is 11.9. The number of carbonyl (C=O) groups is 3. The van der Waals surface area contributed by atoms with Crippen molar-refractivity contribution in [1.29, 1.82) is 0 Å². The number of amides is 3. The Hall–Kier alpha value is -4.49. The Balaban J connectivity index is 1.24. The van der Waals surface area contributed by atoms with Crippen molar-refractivity contribution in [3.8, 4) is 0 Å². The van der Waals surface area contributed by atoms with Crippen molar-refractivity contribution in [2.75, 3.05) is 18.5 Å². The van der Waals surface area contributed by atoms with E-state index in [1.54, 1.807) is 6.92 Å². The number of nitrogens with zero attached hydrogens (tertiary/aromatic N) is 6. The van der Waals surface area contributed by atoms with Crippen LogP contribution >= 0.6 is 0 Å². The number of aliphatic hydroxyl groups excluding tert-OH is 8. The molecule has 2 fully saturated rings. The van der Waals surface area contributed by atoms with E-state index in [0.29, 0.717) is 0 Å². The summed E-state index contributed by atoms with van der Waals surface area (Å²) >= 11 is 0. The number of anilines is 1. The van der Waals surface area contributed by atoms with Gasteiger partial charge in [-0.2, -0.15) is 0 Å². The third kappa shape index (κ3) is 8.36. The number of ether oxygens (including phenoxy) is 2. The zero-order valence-corrected chi connectivity index (χ0v) is 27.0. The second-order valence-electron chi connectivity index (χ2n) is 11.9. The van der Waals surface area contributed by atoms with Crippen molar-refractivity contribution in [2.24, 2.45) is 0 Å². The average Bonchev–Trinajstić information content (AvgIpc) is 3.81. The molecule has 2 aliphatic rings. The number of aliphatic hydroxyl groups is 8. The molecule has 3 aromatic rings. The van der Waals surface area contributed by atoms with Gasteiger partial charge in [0, 0.05) is 23.2 Å². The van der Waals surface area contributed by atoms with Crippen LogP contribution in [-0.2, 0) is 27.4 Å². The van der Waals surface area contributed by atoms with Gasteiger partial charge in [-0.25, -0.2) is 9.36 Å². The van der Waals surface area contributed by atoms with Crippen LogP contribution in [0.2, 0.25) is 0 Å². The first-order chi connectivity index (χ1) is 24.3. The maximum atomic E-state index is 13.2. The summed E-state index contributed by atoms with van der Waals surface area (Å²) < 4.78 is 13.0. The molecule has 278 valence electrons. The fraction of sp³-hybridized carbons (Fsp3) is 0.552. The Morgan fingerprint density at radius 2 is 1.12 bits per heavy atom. The smallest absolute Gasteiger partial charge is 0.251 e. The highest BCUT2D eigenvalue weighted by atomic mass is 16.6. The summed E-state index contributed by atoms with van der Waals surface area (Å²) in [6.45, 7) is -0.0248. The number of benzene rings is 1. The molecule has 0 bridgehead atoms. The molecule has 0 aliphatic carbocycles. The van der Waals surface area contributed by atoms with Crippen LogP contribution in [0.5, 0.6) is 0 Å². The van der Waals surface area contributed by atoms with Gasteiger partial charge in [0.05, 0.1) is 38.7 Å². The molecule has 0 radical (unpaired) electrons. The Morgan fingerprint density at radius 3 is 1.51 bits per heavy atom. The van der Waals surface area contributed by atoms with Crippen LogP contribution in [0.15, 0.2) is 30.6 Å². The lowest BCUT2D eigenvalue weighted by Crippen LogP contribution is -2.56. The SMILES string of the molecule is CCC(=O)Nc1cc(C(=O)NCc2cn([C@@H]3O[C@H](CO)[C@H](O)[C@H](O)[C@H]3O)nn2)cc(C(=O)NCc2cn([C@@H]3O[C@H](CO)[C@@H](O)[C@H](O)[C@@H]3O)nn2)c1. The highest BCUT2D eigenvalue weighted by Crippen LogP contribution is 2.29. The molecule has 2 aromatic heterocycles. The first-order valence-corrected chi connectivity index (χ1v) is 15.8. The van der Waals surface area contributed by atoms with E-state index in [-0.39, 0.29) is 53.6 Å². The molecule has 11 N–H and O–H groups in total. The standard InChI is InChI=1S/C29H39N9O13/c1-2-19(41)32-14-4-12(26(48)30-6-15-8-37(35-33-15)28-24(46)22(44)20(42)17(10-39)50-28)3-13(5-14)27(49)31-7-16-9-38(36-34-16)29-25(47)23(45)21(43)18(11-40)51-29/h3-5,8-9,17-18,20-25,28-29,39-40,42-47H,2,6-7,10-11H2,1H3,(H,30,48)(H,31,49)(H,32,41)/t17-,18-,20-,21+,22+,23+,24+,25-,28-,29-/m1/s1. The zero-order valence-electron chi connectivity index (χ0n) is 27.0. The van der Waals surface area contributed by atoms with Gasteiger partial charge in [0.25, 0.3) is 11.8 Å². The summed E-state index contributed by atoms with van der Waals surface area (Å²) in [7, 11) is 0. The van der Waals surface area contributed by atoms with Gasteiger partial charge in [0.1, 0.15) is 60.2 Å². The van der Waals surface area contributed by atoms with Crippen LogP contribution in [0.1, 0.15) is 57.9 Å². The first-order valence-electron chi connectivity index (χ1n) is 15.8. The van der Waals surface area contributed by atoms with Crippen LogP contribution in [0.25, 0.3) is 0 Å². The number of rotatable bonds is 12. The van der Waals surface area contributed by atoms with Crippen molar-refractivity contribution in [1.82, 2.24) is 40.6 Å². The molecule has 5 rings (SSSR count). The first kappa shape index (κ1) is 37.8. The van der Waals surface area contributed by atoms with Gasteiger partial charge in [-0.1, -0.05) is 17.4 Å². The van der Waals surface area contributed by atoms with E-state index in [0.717, 1.165) is 9.36 Å². The molecular weight excluding hydrogens is 682 g/mol. The van der Waals surface area contributed by atoms with Gasteiger partial charge in [0.15, 0.2) is 12.5 Å². The van der Waals surface area contributed by atoms with Crippen LogP contribution in [-0.4, -0.2) is 151 Å². The summed E-state index contributed by atoms with van der Waals surface area (Å²) in [6, 6.07) is 4.00. The maximum absolute atomic E-state index is 13.2. The van der Waals surface area contributed by atoms with E-state index >= 15 is 0 Å². The summed E-state index contributed by atoms with van der Waals surface area (Å²) in [5.74, 6) is -1.71. The van der Waals surface area contributed by atoms with Crippen molar-refractivity contribution in [3.63, 3.8) is 0 Å². The number of nitrogens with one attached hydrogen (secondary N) is 3. The minimum atomic E-state index is -1.63. The molecule has 51 heavy (non-hydrogen) atoms. The normalized spacial score (nSPS) is 29.4. The highest BCUT2D eigenvalue weighted by Gasteiger charge is 2.46. The predicted molar refractivity (Wildman–Crippen MR) is 166 cm³/mol. The monoisotopic (exact) mass is 721 g/mol. The summed E-state index contributed by atoms with van der Waals surface area (Å²) in [4.78, 5) is 38.5. The minimum Gasteiger partial charge on any atom is -0.394 e. The van der Waals surface area contributed by atoms with Gasteiger partial charge in [-0.15, -0.1) is 10.2 Å². The van der Waals surface area contributed by atoms with Gasteiger partial charge >= 0.3 is 0 Å². The molecular formula is C29H39N9O13. The molecule has 0 unspecified atom stereocenters. The zero-order chi connectivity index (χ0) is 37.0. The van der Waals surface area contributed by atoms with Crippen LogP contribution in [0, 0.1) is 0 Å². The second kappa shape index (κ2) is 16.2. The molecule has 10 atom stereocenters. The molecule has 22 nitrogen and oxygen atoms in total. The van der Waals surface area contributed by atoms with E-state index in [2.05, 4.69) is 36.6 Å². The summed E-state index contributed by atoms with van der Waals surface area (Å²) in [5, 5.41) is 103. The largest absolute Gasteiger partial charge is 0.394 e. The van der Waals surface area contributed by atoms with E-state index in [4.69, 9.17) is 9.47 Å². The maximum Gasteiger partial charge on any atom is 0.251 e. The van der Waals surface area contributed by atoms with E-state index in [1.807, 2.05) is 0 Å². The van der Waals surface area contributed by atoms with Crippen molar-refractivity contribution in [3.05, 3.63) is 53.1 Å². The van der Waals surface area contributed by atoms with E-state index < -0.39 is 86.3 Å². The average molecular weight is 722 g/mol. The molecule has 3 amide bonds. The lowest BCUT2D eigenvalue weighted by Gasteiger charge is -2.39. The van der Waals surface area contributed by atoms with E-state index in [1.165, 1.54) is 30.6 Å². The highest BCUT2D eigenvalue weighted by molar-refractivity contribution is 6.02. The Bertz CT molecular complexity index is 1580. The summed E-state index contributed by atoms with van der Waals surface area (Å²) in [6.07, 6.45) is -11.8. The Labute approximate surface area is 288 Å². The van der Waals surface area contributed by atoms with Crippen molar-refractivity contribution in [2.45, 2.75) is 87.7 Å². The van der Waals surface area contributed by atoms with Crippen LogP contribution in [0.4, 0.5) is 5.69 Å². The topological polar surface area (TPSA) is 329 Å². The fourth-order valence-corrected chi connectivity index (χ4v) is 5.40. The number of hydrogen-bond acceptors (Lipinski definition) is 17. The quantitative estimate of drug-likeness (QED) is 0.0834. The third-order valence-corrected chi connectivity index (χ3v) is 8.29. The Kier molecular flexibility index (Phi) is 12.0. The van der Waals surface area contributed by atoms with Crippen LogP contribution in [0.3, 0.4) is 0 Å². The van der Waals surface area contributed by atoms with Crippen molar-refractivity contribution < 1.29 is 64.7 Å². The molecule has 2 aliphatic heterocycles. The van der Waals surface area contributed by atoms with Gasteiger partial charge in [-0.3, -0.25) is 14.4 Å². The number of hydrogen-bond donors (Lipinski definition) is 11. The minimum absolute atomic E-state index is 0.0102. The third-order valence-electron chi connectivity index (χ3n) is 8.29. The molecule has 1 aromatic carbocycles. The lowest BCUT2D eigenvalue weighted by atomic mass is 9.98. The predicted octanol–water partition coefficient (Wildman–Crippen LogP) is -4.98. The molecule has 4 heterocycles. The molecule has 22 heteroatoms. The summed E-state index contributed by atoms with van der Waals surface area (Å²) in [5.41, 5.74) is 0.533. The Morgan fingerprint density at radius 1 is 0.686 bits per heavy atom. The number of carbonyl (C=O) groups excluding carboxylic acids is 3.